The highest BCUT2D eigenvalue weighted by Crippen LogP contribution is 2.16. The van der Waals surface area contributed by atoms with Crippen molar-refractivity contribution in [1.29, 1.82) is 0 Å². The van der Waals surface area contributed by atoms with Gasteiger partial charge in [-0.1, -0.05) is 25.4 Å². The quantitative estimate of drug-likeness (QED) is 0.820. The van der Waals surface area contributed by atoms with Crippen LogP contribution in [0.5, 0.6) is 0 Å². The molecule has 1 aromatic heterocycles. The summed E-state index contributed by atoms with van der Waals surface area (Å²) in [5.74, 6) is 0.566. The molecule has 1 amide bonds. The second-order valence-electron chi connectivity index (χ2n) is 4.25. The largest absolute Gasteiger partial charge is 0.325 e. The fraction of sp³-hybridized carbons (Fsp3) is 0.500. The Morgan fingerprint density at radius 1 is 1.50 bits per heavy atom. The third-order valence-electron chi connectivity index (χ3n) is 2.27. The summed E-state index contributed by atoms with van der Waals surface area (Å²) in [7, 11) is 0. The number of anilines is 1. The van der Waals surface area contributed by atoms with Crippen LogP contribution in [-0.2, 0) is 4.79 Å². The normalized spacial score (nSPS) is 10.6. The molecule has 0 unspecified atom stereocenters. The molecule has 0 aromatic carbocycles. The maximum atomic E-state index is 11.6. The number of nitrogens with one attached hydrogen (secondary N) is 1. The molecule has 16 heavy (non-hydrogen) atoms. The number of nitrogens with zero attached hydrogens (tertiary/aromatic N) is 1. The molecule has 0 atom stereocenters. The van der Waals surface area contributed by atoms with Crippen LogP contribution in [0.3, 0.4) is 0 Å². The molecule has 88 valence electrons. The maximum Gasteiger partial charge on any atom is 0.224 e. The van der Waals surface area contributed by atoms with E-state index < -0.39 is 0 Å². The Morgan fingerprint density at radius 2 is 2.19 bits per heavy atom. The van der Waals surface area contributed by atoms with E-state index in [-0.39, 0.29) is 5.91 Å². The molecular weight excluding hydrogens is 224 g/mol. The first kappa shape index (κ1) is 13.0. The molecule has 1 aromatic rings. The maximum absolute atomic E-state index is 11.6. The van der Waals surface area contributed by atoms with E-state index in [1.807, 2.05) is 6.92 Å². The van der Waals surface area contributed by atoms with Gasteiger partial charge in [-0.25, -0.2) is 4.98 Å². The van der Waals surface area contributed by atoms with Crippen molar-refractivity contribution < 1.29 is 4.79 Å². The fourth-order valence-corrected chi connectivity index (χ4v) is 1.48. The summed E-state index contributed by atoms with van der Waals surface area (Å²) in [5.41, 5.74) is 1.48. The first-order valence-corrected chi connectivity index (χ1v) is 5.80. The van der Waals surface area contributed by atoms with Crippen LogP contribution in [0.25, 0.3) is 0 Å². The molecule has 0 saturated heterocycles. The van der Waals surface area contributed by atoms with Gasteiger partial charge in [0.15, 0.2) is 0 Å². The van der Waals surface area contributed by atoms with Crippen molar-refractivity contribution in [2.75, 3.05) is 5.32 Å². The third-order valence-corrected chi connectivity index (χ3v) is 2.49. The highest BCUT2D eigenvalue weighted by Gasteiger charge is 2.06. The van der Waals surface area contributed by atoms with Gasteiger partial charge in [0.2, 0.25) is 5.91 Å². The van der Waals surface area contributed by atoms with Crippen LogP contribution in [0.15, 0.2) is 12.1 Å². The molecule has 0 aliphatic carbocycles. The van der Waals surface area contributed by atoms with Crippen molar-refractivity contribution in [3.05, 3.63) is 23.0 Å². The fourth-order valence-electron chi connectivity index (χ4n) is 1.29. The summed E-state index contributed by atoms with van der Waals surface area (Å²) in [6.07, 6.45) is 1.44. The zero-order valence-corrected chi connectivity index (χ0v) is 10.6. The van der Waals surface area contributed by atoms with Crippen molar-refractivity contribution in [3.8, 4) is 0 Å². The molecule has 0 fully saturated rings. The number of rotatable bonds is 4. The molecule has 4 heteroatoms. The summed E-state index contributed by atoms with van der Waals surface area (Å²) in [6.45, 7) is 6.02. The minimum Gasteiger partial charge on any atom is -0.325 e. The second kappa shape index (κ2) is 5.85. The summed E-state index contributed by atoms with van der Waals surface area (Å²) >= 11 is 5.73. The van der Waals surface area contributed by atoms with E-state index >= 15 is 0 Å². The molecule has 1 heterocycles. The summed E-state index contributed by atoms with van der Waals surface area (Å²) in [5, 5.41) is 3.27. The Labute approximate surface area is 101 Å². The van der Waals surface area contributed by atoms with Crippen molar-refractivity contribution in [1.82, 2.24) is 4.98 Å². The molecule has 1 N–H and O–H groups in total. The number of halogens is 1. The molecule has 3 nitrogen and oxygen atoms in total. The van der Waals surface area contributed by atoms with Crippen LogP contribution in [-0.4, -0.2) is 10.9 Å². The molecule has 0 aliphatic heterocycles. The molecule has 0 radical (unpaired) electrons. The van der Waals surface area contributed by atoms with Crippen molar-refractivity contribution in [2.24, 2.45) is 5.92 Å². The lowest BCUT2D eigenvalue weighted by molar-refractivity contribution is -0.116. The number of hydrogen-bond donors (Lipinski definition) is 1. The van der Waals surface area contributed by atoms with Crippen molar-refractivity contribution in [2.45, 2.75) is 33.6 Å². The number of aryl methyl sites for hydroxylation is 1. The van der Waals surface area contributed by atoms with Gasteiger partial charge in [0.25, 0.3) is 0 Å². The number of pyridine rings is 1. The van der Waals surface area contributed by atoms with Gasteiger partial charge in [0.1, 0.15) is 5.15 Å². The lowest BCUT2D eigenvalue weighted by Gasteiger charge is -2.08. The van der Waals surface area contributed by atoms with E-state index in [2.05, 4.69) is 24.1 Å². The molecule has 0 bridgehead atoms. The number of amides is 1. The van der Waals surface area contributed by atoms with Gasteiger partial charge >= 0.3 is 0 Å². The number of hydrogen-bond acceptors (Lipinski definition) is 2. The highest BCUT2D eigenvalue weighted by atomic mass is 35.5. The SMILES string of the molecule is Cc1nc(Cl)ccc1NC(=O)CCC(C)C. The highest BCUT2D eigenvalue weighted by molar-refractivity contribution is 6.29. The standard InChI is InChI=1S/C12H17ClN2O/c1-8(2)4-7-12(16)15-10-5-6-11(13)14-9(10)3/h5-6,8H,4,7H2,1-3H3,(H,15,16). The Balaban J connectivity index is 2.56. The van der Waals surface area contributed by atoms with Crippen molar-refractivity contribution >= 4 is 23.2 Å². The second-order valence-corrected chi connectivity index (χ2v) is 4.63. The Kier molecular flexibility index (Phi) is 4.74. The minimum atomic E-state index is 0.0286. The van der Waals surface area contributed by atoms with E-state index in [9.17, 15) is 4.79 Å². The van der Waals surface area contributed by atoms with E-state index in [0.29, 0.717) is 17.5 Å². The Morgan fingerprint density at radius 3 is 2.75 bits per heavy atom. The minimum absolute atomic E-state index is 0.0286. The van der Waals surface area contributed by atoms with Crippen LogP contribution in [0.2, 0.25) is 5.15 Å². The van der Waals surface area contributed by atoms with Crippen LogP contribution in [0.4, 0.5) is 5.69 Å². The van der Waals surface area contributed by atoms with Gasteiger partial charge in [0, 0.05) is 6.42 Å². The predicted octanol–water partition coefficient (Wildman–Crippen LogP) is 3.42. The summed E-state index contributed by atoms with van der Waals surface area (Å²) in [6, 6.07) is 3.45. The van der Waals surface area contributed by atoms with Crippen LogP contribution < -0.4 is 5.32 Å². The lowest BCUT2D eigenvalue weighted by atomic mass is 10.1. The number of carbonyl (C=O) groups excluding carboxylic acids is 1. The number of aromatic nitrogens is 1. The van der Waals surface area contributed by atoms with E-state index in [0.717, 1.165) is 17.8 Å². The van der Waals surface area contributed by atoms with Gasteiger partial charge in [-0.3, -0.25) is 4.79 Å². The van der Waals surface area contributed by atoms with Gasteiger partial charge in [-0.15, -0.1) is 0 Å². The zero-order valence-electron chi connectivity index (χ0n) is 9.88. The average molecular weight is 241 g/mol. The molecular formula is C12H17ClN2O. The number of carbonyl (C=O) groups is 1. The van der Waals surface area contributed by atoms with E-state index in [4.69, 9.17) is 11.6 Å². The monoisotopic (exact) mass is 240 g/mol. The molecule has 0 aliphatic rings. The zero-order chi connectivity index (χ0) is 12.1. The Bertz CT molecular complexity index is 377. The first-order chi connectivity index (χ1) is 7.49. The van der Waals surface area contributed by atoms with Gasteiger partial charge in [0.05, 0.1) is 11.4 Å². The third kappa shape index (κ3) is 4.19. The van der Waals surface area contributed by atoms with Gasteiger partial charge < -0.3 is 5.32 Å². The van der Waals surface area contributed by atoms with Crippen LogP contribution >= 0.6 is 11.6 Å². The van der Waals surface area contributed by atoms with Gasteiger partial charge in [-0.2, -0.15) is 0 Å². The average Bonchev–Trinajstić information content (AvgIpc) is 2.19. The summed E-state index contributed by atoms with van der Waals surface area (Å²) in [4.78, 5) is 15.7. The first-order valence-electron chi connectivity index (χ1n) is 5.42. The molecule has 1 rings (SSSR count). The van der Waals surface area contributed by atoms with E-state index in [1.165, 1.54) is 0 Å². The summed E-state index contributed by atoms with van der Waals surface area (Å²) < 4.78 is 0. The van der Waals surface area contributed by atoms with Gasteiger partial charge in [-0.05, 0) is 31.4 Å². The Hall–Kier alpha value is -1.09. The predicted molar refractivity (Wildman–Crippen MR) is 66.7 cm³/mol. The van der Waals surface area contributed by atoms with Crippen molar-refractivity contribution in [3.63, 3.8) is 0 Å². The lowest BCUT2D eigenvalue weighted by Crippen LogP contribution is -2.13. The smallest absolute Gasteiger partial charge is 0.224 e. The van der Waals surface area contributed by atoms with Crippen LogP contribution in [0, 0.1) is 12.8 Å². The molecule has 0 saturated carbocycles. The topological polar surface area (TPSA) is 42.0 Å². The van der Waals surface area contributed by atoms with Crippen LogP contribution in [0.1, 0.15) is 32.4 Å². The molecule has 0 spiro atoms. The van der Waals surface area contributed by atoms with E-state index in [1.54, 1.807) is 12.1 Å².